The van der Waals surface area contributed by atoms with Crippen LogP contribution in [0.1, 0.15) is 49.5 Å². The van der Waals surface area contributed by atoms with Gasteiger partial charge in [-0.05, 0) is 19.3 Å². The molecule has 0 radical (unpaired) electrons. The fraction of sp³-hybridized carbons (Fsp3) is 0.550. The van der Waals surface area contributed by atoms with Crippen LogP contribution < -0.4 is 9.80 Å². The number of likely N-dealkylation sites (N-methyl/N-ethyl adjacent to an activating group) is 1. The summed E-state index contributed by atoms with van der Waals surface area (Å²) in [6, 6.07) is 0.0970. The first kappa shape index (κ1) is 19.4. The predicted molar refractivity (Wildman–Crippen MR) is 109 cm³/mol. The molecule has 1 unspecified atom stereocenters. The quantitative estimate of drug-likeness (QED) is 0.783. The Labute approximate surface area is 170 Å². The molecule has 4 rings (SSSR count). The van der Waals surface area contributed by atoms with Crippen LogP contribution in [0.3, 0.4) is 0 Å². The Balaban J connectivity index is 1.77. The van der Waals surface area contributed by atoms with Crippen LogP contribution in [-0.4, -0.2) is 69.5 Å². The molecule has 3 heterocycles. The molecule has 2 aliphatic rings. The van der Waals surface area contributed by atoms with E-state index in [1.165, 1.54) is 17.7 Å². The molecule has 0 bridgehead atoms. The van der Waals surface area contributed by atoms with Gasteiger partial charge in [0, 0.05) is 33.4 Å². The molecule has 29 heavy (non-hydrogen) atoms. The Morgan fingerprint density at radius 2 is 1.97 bits per heavy atom. The van der Waals surface area contributed by atoms with Crippen LogP contribution in [0, 0.1) is 0 Å². The highest BCUT2D eigenvalue weighted by Gasteiger charge is 2.41. The molecular weight excluding hydrogens is 370 g/mol. The Kier molecular flexibility index (Phi) is 4.97. The van der Waals surface area contributed by atoms with Crippen LogP contribution in [-0.2, 0) is 4.79 Å². The third kappa shape index (κ3) is 3.24. The maximum Gasteiger partial charge on any atom is 0.273 e. The first-order valence-electron chi connectivity index (χ1n) is 10.1. The predicted octanol–water partition coefficient (Wildman–Crippen LogP) is 1.87. The zero-order valence-corrected chi connectivity index (χ0v) is 17.4. The summed E-state index contributed by atoms with van der Waals surface area (Å²) in [6.45, 7) is 2.04. The van der Waals surface area contributed by atoms with Gasteiger partial charge in [-0.25, -0.2) is 9.97 Å². The summed E-state index contributed by atoms with van der Waals surface area (Å²) in [5, 5.41) is 0. The van der Waals surface area contributed by atoms with Gasteiger partial charge in [0.2, 0.25) is 11.9 Å². The second-order valence-corrected chi connectivity index (χ2v) is 7.91. The van der Waals surface area contributed by atoms with Gasteiger partial charge >= 0.3 is 0 Å². The molecule has 1 fully saturated rings. The highest BCUT2D eigenvalue weighted by atomic mass is 16.2. The second-order valence-electron chi connectivity index (χ2n) is 7.91. The van der Waals surface area contributed by atoms with Gasteiger partial charge in [0.1, 0.15) is 23.8 Å². The van der Waals surface area contributed by atoms with Crippen molar-refractivity contribution in [1.82, 2.24) is 24.4 Å². The van der Waals surface area contributed by atoms with Gasteiger partial charge in [-0.15, -0.1) is 0 Å². The smallest absolute Gasteiger partial charge is 0.273 e. The number of hydrogen-bond acceptors (Lipinski definition) is 6. The van der Waals surface area contributed by atoms with E-state index in [1.807, 2.05) is 6.92 Å². The lowest BCUT2D eigenvalue weighted by Crippen LogP contribution is -2.55. The van der Waals surface area contributed by atoms with Crippen molar-refractivity contribution >= 4 is 23.3 Å². The molecule has 2 aromatic heterocycles. The summed E-state index contributed by atoms with van der Waals surface area (Å²) in [5.41, 5.74) is 1.06. The summed E-state index contributed by atoms with van der Waals surface area (Å²) in [5.74, 6) is 1.13. The minimum atomic E-state index is -0.216. The van der Waals surface area contributed by atoms with Crippen molar-refractivity contribution in [3.05, 3.63) is 24.4 Å². The number of aromatic nitrogens is 4. The fourth-order valence-corrected chi connectivity index (χ4v) is 4.27. The fourth-order valence-electron chi connectivity index (χ4n) is 4.27. The Morgan fingerprint density at radius 1 is 1.24 bits per heavy atom. The van der Waals surface area contributed by atoms with Crippen molar-refractivity contribution in [2.24, 2.45) is 0 Å². The summed E-state index contributed by atoms with van der Waals surface area (Å²) in [6.07, 6.45) is 10.1. The van der Waals surface area contributed by atoms with Crippen LogP contribution >= 0.6 is 0 Å². The van der Waals surface area contributed by atoms with Crippen molar-refractivity contribution in [3.63, 3.8) is 0 Å². The summed E-state index contributed by atoms with van der Waals surface area (Å²) in [7, 11) is 5.16. The average molecular weight is 397 g/mol. The van der Waals surface area contributed by atoms with E-state index in [1.54, 1.807) is 49.3 Å². The van der Waals surface area contributed by atoms with E-state index in [-0.39, 0.29) is 17.9 Å². The third-order valence-electron chi connectivity index (χ3n) is 5.84. The van der Waals surface area contributed by atoms with E-state index in [2.05, 4.69) is 14.9 Å². The Hall–Kier alpha value is -2.97. The van der Waals surface area contributed by atoms with Crippen molar-refractivity contribution in [1.29, 1.82) is 0 Å². The molecule has 1 aliphatic carbocycles. The monoisotopic (exact) mass is 397 g/mol. The van der Waals surface area contributed by atoms with E-state index in [4.69, 9.17) is 4.98 Å². The minimum absolute atomic E-state index is 0.0877. The van der Waals surface area contributed by atoms with Crippen LogP contribution in [0.4, 0.5) is 11.5 Å². The number of rotatable bonds is 4. The molecule has 154 valence electrons. The molecule has 1 aliphatic heterocycles. The number of carbonyl (C=O) groups is 2. The SMILES string of the molecule is CCC1C(=O)N(C)c2cnc(-n3cnc(C(=O)N(C)C)c3)nc2N1C1CCCC1. The molecule has 2 amide bonds. The number of carbonyl (C=O) groups excluding carboxylic acids is 2. The van der Waals surface area contributed by atoms with E-state index in [0.29, 0.717) is 17.7 Å². The lowest BCUT2D eigenvalue weighted by molar-refractivity contribution is -0.120. The Bertz CT molecular complexity index is 933. The lowest BCUT2D eigenvalue weighted by atomic mass is 10.0. The lowest BCUT2D eigenvalue weighted by Gasteiger charge is -2.43. The van der Waals surface area contributed by atoms with Gasteiger partial charge in [0.15, 0.2) is 5.82 Å². The highest BCUT2D eigenvalue weighted by Crippen LogP contribution is 2.39. The molecule has 2 aromatic rings. The molecule has 9 nitrogen and oxygen atoms in total. The molecule has 1 atom stereocenters. The standard InChI is InChI=1S/C20H27N7O2/c1-5-15-19(29)25(4)16-10-21-20(23-17(16)27(15)13-8-6-7-9-13)26-11-14(22-12-26)18(28)24(2)3/h10-13,15H,5-9H2,1-4H3. The first-order valence-corrected chi connectivity index (χ1v) is 10.1. The van der Waals surface area contributed by atoms with Gasteiger partial charge in [0.25, 0.3) is 5.91 Å². The van der Waals surface area contributed by atoms with Gasteiger partial charge in [-0.3, -0.25) is 14.2 Å². The van der Waals surface area contributed by atoms with E-state index in [0.717, 1.165) is 30.8 Å². The third-order valence-corrected chi connectivity index (χ3v) is 5.84. The molecule has 0 spiro atoms. The average Bonchev–Trinajstić information content (AvgIpc) is 3.41. The summed E-state index contributed by atoms with van der Waals surface area (Å²) < 4.78 is 1.65. The molecule has 0 saturated heterocycles. The van der Waals surface area contributed by atoms with Gasteiger partial charge in [0.05, 0.1) is 6.20 Å². The zero-order valence-electron chi connectivity index (χ0n) is 17.4. The summed E-state index contributed by atoms with van der Waals surface area (Å²) in [4.78, 5) is 43.9. The molecule has 0 N–H and O–H groups in total. The van der Waals surface area contributed by atoms with Crippen molar-refractivity contribution in [2.45, 2.75) is 51.1 Å². The Morgan fingerprint density at radius 3 is 2.62 bits per heavy atom. The van der Waals surface area contributed by atoms with E-state index >= 15 is 0 Å². The topological polar surface area (TPSA) is 87.5 Å². The van der Waals surface area contributed by atoms with E-state index in [9.17, 15) is 9.59 Å². The van der Waals surface area contributed by atoms with Crippen molar-refractivity contribution in [2.75, 3.05) is 30.9 Å². The van der Waals surface area contributed by atoms with Crippen LogP contribution in [0.2, 0.25) is 0 Å². The number of fused-ring (bicyclic) bond motifs is 1. The molecular formula is C20H27N7O2. The van der Waals surface area contributed by atoms with Crippen LogP contribution in [0.25, 0.3) is 5.95 Å². The minimum Gasteiger partial charge on any atom is -0.343 e. The van der Waals surface area contributed by atoms with E-state index < -0.39 is 0 Å². The second kappa shape index (κ2) is 7.46. The van der Waals surface area contributed by atoms with Crippen molar-refractivity contribution in [3.8, 4) is 5.95 Å². The number of hydrogen-bond donors (Lipinski definition) is 0. The summed E-state index contributed by atoms with van der Waals surface area (Å²) >= 11 is 0. The number of anilines is 2. The zero-order chi connectivity index (χ0) is 20.7. The molecule has 0 aromatic carbocycles. The molecule has 9 heteroatoms. The van der Waals surface area contributed by atoms with Gasteiger partial charge < -0.3 is 14.7 Å². The maximum atomic E-state index is 13.0. The number of nitrogens with zero attached hydrogens (tertiary/aromatic N) is 7. The van der Waals surface area contributed by atoms with Gasteiger partial charge in [-0.1, -0.05) is 19.8 Å². The normalized spacial score (nSPS) is 19.6. The van der Waals surface area contributed by atoms with Gasteiger partial charge in [-0.2, -0.15) is 4.98 Å². The maximum absolute atomic E-state index is 13.0. The van der Waals surface area contributed by atoms with Crippen LogP contribution in [0.5, 0.6) is 0 Å². The van der Waals surface area contributed by atoms with Crippen molar-refractivity contribution < 1.29 is 9.59 Å². The molecule has 1 saturated carbocycles. The van der Waals surface area contributed by atoms with Crippen LogP contribution in [0.15, 0.2) is 18.7 Å². The number of imidazole rings is 1. The highest BCUT2D eigenvalue weighted by molar-refractivity contribution is 6.04. The largest absolute Gasteiger partial charge is 0.343 e. The first-order chi connectivity index (χ1) is 13.9. The number of amides is 2.